The minimum Gasteiger partial charge on any atom is -0.507 e. The maximum Gasteiger partial charge on any atom is 0.295 e. The number of aliphatic hydroxyl groups is 1. The fourth-order valence-electron chi connectivity index (χ4n) is 4.29. The van der Waals surface area contributed by atoms with Gasteiger partial charge in [-0.2, -0.15) is 0 Å². The molecule has 1 aromatic heterocycles. The van der Waals surface area contributed by atoms with Gasteiger partial charge in [0.2, 0.25) is 0 Å². The molecule has 1 atom stereocenters. The molecular weight excluding hydrogens is 434 g/mol. The summed E-state index contributed by atoms with van der Waals surface area (Å²) in [5.41, 5.74) is 3.33. The second kappa shape index (κ2) is 9.24. The number of hydrogen-bond acceptors (Lipinski definition) is 5. The molecule has 2 heterocycles. The maximum absolute atomic E-state index is 13.2. The van der Waals surface area contributed by atoms with Crippen LogP contribution in [0.15, 0.2) is 65.6 Å². The Balaban J connectivity index is 1.89. The Labute approximate surface area is 197 Å². The number of methoxy groups -OCH3 is 1. The molecule has 0 radical (unpaired) electrons. The van der Waals surface area contributed by atoms with E-state index < -0.39 is 17.7 Å². The minimum atomic E-state index is -0.670. The highest BCUT2D eigenvalue weighted by Crippen LogP contribution is 2.41. The van der Waals surface area contributed by atoms with Crippen LogP contribution < -0.4 is 4.74 Å². The number of rotatable bonds is 6. The highest BCUT2D eigenvalue weighted by molar-refractivity contribution is 7.09. The lowest BCUT2D eigenvalue weighted by Gasteiger charge is -2.25. The Morgan fingerprint density at radius 3 is 2.55 bits per heavy atom. The molecule has 1 amide bonds. The highest BCUT2D eigenvalue weighted by atomic mass is 32.1. The van der Waals surface area contributed by atoms with Gasteiger partial charge in [-0.05, 0) is 53.6 Å². The minimum absolute atomic E-state index is 0.113. The summed E-state index contributed by atoms with van der Waals surface area (Å²) in [4.78, 5) is 28.9. The Kier molecular flexibility index (Phi) is 6.38. The predicted molar refractivity (Wildman–Crippen MR) is 130 cm³/mol. The molecule has 1 aliphatic rings. The van der Waals surface area contributed by atoms with Crippen molar-refractivity contribution in [2.75, 3.05) is 7.11 Å². The lowest BCUT2D eigenvalue weighted by molar-refractivity contribution is -0.140. The molecule has 0 bridgehead atoms. The van der Waals surface area contributed by atoms with Crippen LogP contribution in [0, 0.1) is 6.92 Å². The molecule has 1 saturated heterocycles. The third-order valence-corrected chi connectivity index (χ3v) is 6.79. The van der Waals surface area contributed by atoms with E-state index in [1.165, 1.54) is 11.3 Å². The molecule has 5 nitrogen and oxygen atoms in total. The molecule has 0 aliphatic carbocycles. The van der Waals surface area contributed by atoms with Crippen LogP contribution in [0.5, 0.6) is 5.75 Å². The van der Waals surface area contributed by atoms with Crippen molar-refractivity contribution in [1.29, 1.82) is 0 Å². The quantitative estimate of drug-likeness (QED) is 0.286. The molecule has 1 N–H and O–H groups in total. The fourth-order valence-corrected chi connectivity index (χ4v) is 4.99. The van der Waals surface area contributed by atoms with Crippen LogP contribution >= 0.6 is 11.3 Å². The zero-order valence-electron chi connectivity index (χ0n) is 19.2. The van der Waals surface area contributed by atoms with Gasteiger partial charge in [-0.15, -0.1) is 11.3 Å². The van der Waals surface area contributed by atoms with Crippen LogP contribution in [0.25, 0.3) is 5.76 Å². The number of aliphatic hydroxyl groups excluding tert-OH is 1. The summed E-state index contributed by atoms with van der Waals surface area (Å²) in [6.45, 7) is 6.34. The third kappa shape index (κ3) is 4.31. The zero-order chi connectivity index (χ0) is 23.7. The fraction of sp³-hybridized carbons (Fsp3) is 0.259. The van der Waals surface area contributed by atoms with Gasteiger partial charge in [0.1, 0.15) is 11.5 Å². The second-order valence-corrected chi connectivity index (χ2v) is 9.56. The number of nitrogens with zero attached hydrogens (tertiary/aromatic N) is 1. The number of benzene rings is 2. The lowest BCUT2D eigenvalue weighted by atomic mass is 9.92. The summed E-state index contributed by atoms with van der Waals surface area (Å²) < 4.78 is 5.46. The van der Waals surface area contributed by atoms with E-state index in [2.05, 4.69) is 0 Å². The van der Waals surface area contributed by atoms with Gasteiger partial charge in [0.15, 0.2) is 0 Å². The molecule has 2 aromatic carbocycles. The first-order valence-electron chi connectivity index (χ1n) is 10.9. The van der Waals surface area contributed by atoms with E-state index in [1.54, 1.807) is 24.1 Å². The summed E-state index contributed by atoms with van der Waals surface area (Å²) in [6.07, 6.45) is 0. The number of likely N-dealkylation sites (tertiary alicyclic amines) is 1. The maximum atomic E-state index is 13.2. The monoisotopic (exact) mass is 461 g/mol. The van der Waals surface area contributed by atoms with Gasteiger partial charge in [-0.1, -0.05) is 49.7 Å². The molecule has 1 aliphatic heterocycles. The van der Waals surface area contributed by atoms with E-state index in [0.717, 1.165) is 27.3 Å². The Hall–Kier alpha value is -3.38. The average Bonchev–Trinajstić information content (AvgIpc) is 3.40. The summed E-state index contributed by atoms with van der Waals surface area (Å²) in [7, 11) is 1.61. The number of Topliss-reactive ketones (excluding diaryl/α,β-unsaturated/α-hetero) is 1. The van der Waals surface area contributed by atoms with Crippen molar-refractivity contribution in [3.63, 3.8) is 0 Å². The number of ether oxygens (including phenoxy) is 1. The van der Waals surface area contributed by atoms with Crippen LogP contribution in [0.1, 0.15) is 52.9 Å². The van der Waals surface area contributed by atoms with Crippen molar-refractivity contribution in [1.82, 2.24) is 4.90 Å². The molecule has 0 spiro atoms. The molecular formula is C27H27NO4S. The van der Waals surface area contributed by atoms with Gasteiger partial charge in [0.25, 0.3) is 11.7 Å². The largest absolute Gasteiger partial charge is 0.507 e. The molecule has 1 fully saturated rings. The smallest absolute Gasteiger partial charge is 0.295 e. The van der Waals surface area contributed by atoms with Crippen LogP contribution in [0.3, 0.4) is 0 Å². The van der Waals surface area contributed by atoms with Crippen molar-refractivity contribution in [2.45, 2.75) is 39.3 Å². The molecule has 1 unspecified atom stereocenters. The molecule has 0 saturated carbocycles. The van der Waals surface area contributed by atoms with E-state index >= 15 is 0 Å². The normalized spacial score (nSPS) is 17.7. The standard InChI is InChI=1S/C27H27NO4S/c1-16(2)21-14-19(10-11-22(21)32-4)25(29)23-24(18-8-5-7-17(3)13-18)28(27(31)26(23)30)15-20-9-6-12-33-20/h5-14,16,24,29H,15H2,1-4H3/b25-23-. The van der Waals surface area contributed by atoms with Crippen molar-refractivity contribution in [3.05, 3.63) is 92.7 Å². The van der Waals surface area contributed by atoms with E-state index in [-0.39, 0.29) is 17.3 Å². The number of carbonyl (C=O) groups excluding carboxylic acids is 2. The highest BCUT2D eigenvalue weighted by Gasteiger charge is 2.46. The molecule has 6 heteroatoms. The number of thiophene rings is 1. The van der Waals surface area contributed by atoms with E-state index in [1.807, 2.05) is 68.6 Å². The van der Waals surface area contributed by atoms with E-state index in [4.69, 9.17) is 4.74 Å². The number of aryl methyl sites for hydroxylation is 1. The summed E-state index contributed by atoms with van der Waals surface area (Å²) in [5.74, 6) is -0.568. The number of hydrogen-bond donors (Lipinski definition) is 1. The van der Waals surface area contributed by atoms with Crippen LogP contribution in [0.4, 0.5) is 0 Å². The van der Waals surface area contributed by atoms with Crippen molar-refractivity contribution < 1.29 is 19.4 Å². The van der Waals surface area contributed by atoms with Crippen molar-refractivity contribution in [2.24, 2.45) is 0 Å². The number of carbonyl (C=O) groups is 2. The first-order chi connectivity index (χ1) is 15.8. The molecule has 3 aromatic rings. The van der Waals surface area contributed by atoms with Crippen LogP contribution in [-0.2, 0) is 16.1 Å². The van der Waals surface area contributed by atoms with Gasteiger partial charge < -0.3 is 14.7 Å². The summed E-state index contributed by atoms with van der Waals surface area (Å²) >= 11 is 1.53. The summed E-state index contributed by atoms with van der Waals surface area (Å²) in [5, 5.41) is 13.3. The van der Waals surface area contributed by atoms with Crippen LogP contribution in [-0.4, -0.2) is 28.8 Å². The summed E-state index contributed by atoms with van der Waals surface area (Å²) in [6, 6.07) is 16.3. The molecule has 170 valence electrons. The third-order valence-electron chi connectivity index (χ3n) is 5.93. The molecule has 4 rings (SSSR count). The van der Waals surface area contributed by atoms with Gasteiger partial charge >= 0.3 is 0 Å². The van der Waals surface area contributed by atoms with E-state index in [0.29, 0.717) is 12.1 Å². The first kappa shape index (κ1) is 22.8. The Morgan fingerprint density at radius 2 is 1.91 bits per heavy atom. The Morgan fingerprint density at radius 1 is 1.12 bits per heavy atom. The Bertz CT molecular complexity index is 1230. The van der Waals surface area contributed by atoms with Crippen molar-refractivity contribution >= 4 is 28.8 Å². The van der Waals surface area contributed by atoms with Gasteiger partial charge in [0.05, 0.1) is 25.3 Å². The predicted octanol–water partition coefficient (Wildman–Crippen LogP) is 5.81. The SMILES string of the molecule is COc1ccc(/C(O)=C2/C(=O)C(=O)N(Cc3cccs3)C2c2cccc(C)c2)cc1C(C)C. The van der Waals surface area contributed by atoms with Gasteiger partial charge in [-0.25, -0.2) is 0 Å². The van der Waals surface area contributed by atoms with Crippen molar-refractivity contribution in [3.8, 4) is 5.75 Å². The van der Waals surface area contributed by atoms with E-state index in [9.17, 15) is 14.7 Å². The topological polar surface area (TPSA) is 66.8 Å². The first-order valence-corrected chi connectivity index (χ1v) is 11.8. The zero-order valence-corrected chi connectivity index (χ0v) is 20.0. The van der Waals surface area contributed by atoms with Crippen LogP contribution in [0.2, 0.25) is 0 Å². The van der Waals surface area contributed by atoms with Gasteiger partial charge in [0, 0.05) is 10.4 Å². The lowest BCUT2D eigenvalue weighted by Crippen LogP contribution is -2.28. The number of amides is 1. The molecule has 33 heavy (non-hydrogen) atoms. The second-order valence-electron chi connectivity index (χ2n) is 8.53. The number of ketones is 1. The average molecular weight is 462 g/mol. The van der Waals surface area contributed by atoms with Gasteiger partial charge in [-0.3, -0.25) is 9.59 Å².